The van der Waals surface area contributed by atoms with Crippen molar-refractivity contribution in [2.24, 2.45) is 0 Å². The second-order valence-corrected chi connectivity index (χ2v) is 6.01. The van der Waals surface area contributed by atoms with Gasteiger partial charge in [-0.1, -0.05) is 35.7 Å². The average molecular weight is 355 g/mol. The summed E-state index contributed by atoms with van der Waals surface area (Å²) in [4.78, 5) is 25.2. The zero-order valence-corrected chi connectivity index (χ0v) is 14.5. The SMILES string of the molecule is CCCCCN(CC(=O)Nc1ccc(Br)c(C)c1)C(C)=O. The maximum absolute atomic E-state index is 12.0. The lowest BCUT2D eigenvalue weighted by Crippen LogP contribution is -2.37. The zero-order chi connectivity index (χ0) is 15.8. The van der Waals surface area contributed by atoms with Crippen LogP contribution in [0.4, 0.5) is 5.69 Å². The Morgan fingerprint density at radius 2 is 2.00 bits per heavy atom. The second-order valence-electron chi connectivity index (χ2n) is 5.16. The average Bonchev–Trinajstić information content (AvgIpc) is 2.42. The van der Waals surface area contributed by atoms with Gasteiger partial charge in [-0.15, -0.1) is 0 Å². The van der Waals surface area contributed by atoms with E-state index in [9.17, 15) is 9.59 Å². The summed E-state index contributed by atoms with van der Waals surface area (Å²) in [5.41, 5.74) is 1.80. The maximum Gasteiger partial charge on any atom is 0.243 e. The highest BCUT2D eigenvalue weighted by atomic mass is 79.9. The van der Waals surface area contributed by atoms with Gasteiger partial charge >= 0.3 is 0 Å². The van der Waals surface area contributed by atoms with Gasteiger partial charge in [0, 0.05) is 23.6 Å². The molecule has 0 bridgehead atoms. The van der Waals surface area contributed by atoms with Gasteiger partial charge in [0.1, 0.15) is 0 Å². The molecule has 0 heterocycles. The van der Waals surface area contributed by atoms with Gasteiger partial charge in [0.2, 0.25) is 11.8 Å². The molecule has 1 rings (SSSR count). The minimum absolute atomic E-state index is 0.0618. The lowest BCUT2D eigenvalue weighted by atomic mass is 10.2. The fourth-order valence-electron chi connectivity index (χ4n) is 2.00. The molecule has 0 atom stereocenters. The van der Waals surface area contributed by atoms with Crippen LogP contribution >= 0.6 is 15.9 Å². The molecule has 21 heavy (non-hydrogen) atoms. The summed E-state index contributed by atoms with van der Waals surface area (Å²) in [6.07, 6.45) is 3.09. The normalized spacial score (nSPS) is 10.3. The van der Waals surface area contributed by atoms with Crippen LogP contribution in [0.1, 0.15) is 38.7 Å². The van der Waals surface area contributed by atoms with E-state index in [1.165, 1.54) is 6.92 Å². The Morgan fingerprint density at radius 1 is 1.29 bits per heavy atom. The molecule has 1 aromatic carbocycles. The summed E-state index contributed by atoms with van der Waals surface area (Å²) in [5.74, 6) is -0.225. The number of aryl methyl sites for hydroxylation is 1. The number of hydrogen-bond acceptors (Lipinski definition) is 2. The van der Waals surface area contributed by atoms with Crippen molar-refractivity contribution in [3.8, 4) is 0 Å². The van der Waals surface area contributed by atoms with Gasteiger partial charge in [-0.2, -0.15) is 0 Å². The lowest BCUT2D eigenvalue weighted by molar-refractivity contribution is -0.132. The Bertz CT molecular complexity index is 503. The number of nitrogens with zero attached hydrogens (tertiary/aromatic N) is 1. The zero-order valence-electron chi connectivity index (χ0n) is 12.9. The molecule has 0 spiro atoms. The Hall–Kier alpha value is -1.36. The molecule has 0 saturated heterocycles. The van der Waals surface area contributed by atoms with Crippen LogP contribution in [0.5, 0.6) is 0 Å². The van der Waals surface area contributed by atoms with Crippen molar-refractivity contribution < 1.29 is 9.59 Å². The van der Waals surface area contributed by atoms with Crippen molar-refractivity contribution in [2.45, 2.75) is 40.0 Å². The Labute approximate surface area is 135 Å². The van der Waals surface area contributed by atoms with Crippen molar-refractivity contribution in [2.75, 3.05) is 18.4 Å². The topological polar surface area (TPSA) is 49.4 Å². The van der Waals surface area contributed by atoms with Crippen molar-refractivity contribution in [3.05, 3.63) is 28.2 Å². The molecule has 0 saturated carbocycles. The number of hydrogen-bond donors (Lipinski definition) is 1. The summed E-state index contributed by atoms with van der Waals surface area (Å²) in [6, 6.07) is 5.64. The van der Waals surface area contributed by atoms with Gasteiger partial charge < -0.3 is 10.2 Å². The molecule has 5 heteroatoms. The van der Waals surface area contributed by atoms with Crippen molar-refractivity contribution >= 4 is 33.4 Å². The smallest absolute Gasteiger partial charge is 0.243 e. The van der Waals surface area contributed by atoms with Crippen LogP contribution in [0.3, 0.4) is 0 Å². The van der Waals surface area contributed by atoms with E-state index < -0.39 is 0 Å². The van der Waals surface area contributed by atoms with Crippen LogP contribution in [0.2, 0.25) is 0 Å². The Balaban J connectivity index is 2.56. The maximum atomic E-state index is 12.0. The summed E-state index contributed by atoms with van der Waals surface area (Å²) < 4.78 is 1.01. The fourth-order valence-corrected chi connectivity index (χ4v) is 2.24. The van der Waals surface area contributed by atoms with E-state index in [1.54, 1.807) is 4.90 Å². The molecular formula is C16H23BrN2O2. The third kappa shape index (κ3) is 6.29. The molecule has 116 valence electrons. The number of nitrogens with one attached hydrogen (secondary N) is 1. The second kappa shape index (κ2) is 8.82. The molecule has 0 aliphatic heterocycles. The minimum atomic E-state index is -0.163. The molecule has 0 aromatic heterocycles. The van der Waals surface area contributed by atoms with Crippen LogP contribution in [0.25, 0.3) is 0 Å². The van der Waals surface area contributed by atoms with Gasteiger partial charge in [0.15, 0.2) is 0 Å². The van der Waals surface area contributed by atoms with E-state index in [0.29, 0.717) is 6.54 Å². The number of halogens is 1. The number of unbranched alkanes of at least 4 members (excludes halogenated alkanes) is 2. The summed E-state index contributed by atoms with van der Waals surface area (Å²) in [7, 11) is 0. The number of carbonyl (C=O) groups excluding carboxylic acids is 2. The fraction of sp³-hybridized carbons (Fsp3) is 0.500. The quantitative estimate of drug-likeness (QED) is 0.758. The van der Waals surface area contributed by atoms with Gasteiger partial charge in [0.25, 0.3) is 0 Å². The highest BCUT2D eigenvalue weighted by molar-refractivity contribution is 9.10. The van der Waals surface area contributed by atoms with E-state index >= 15 is 0 Å². The van der Waals surface area contributed by atoms with Crippen LogP contribution in [0.15, 0.2) is 22.7 Å². The van der Waals surface area contributed by atoms with Crippen molar-refractivity contribution in [3.63, 3.8) is 0 Å². The number of rotatable bonds is 7. The Morgan fingerprint density at radius 3 is 2.57 bits per heavy atom. The monoisotopic (exact) mass is 354 g/mol. The molecule has 0 fully saturated rings. The first-order valence-electron chi connectivity index (χ1n) is 7.25. The molecule has 4 nitrogen and oxygen atoms in total. The number of benzene rings is 1. The predicted octanol–water partition coefficient (Wildman–Crippen LogP) is 3.73. The van der Waals surface area contributed by atoms with Gasteiger partial charge in [-0.25, -0.2) is 0 Å². The third-order valence-electron chi connectivity index (χ3n) is 3.25. The molecule has 0 unspecified atom stereocenters. The van der Waals surface area contributed by atoms with E-state index in [4.69, 9.17) is 0 Å². The molecule has 2 amide bonds. The van der Waals surface area contributed by atoms with E-state index in [-0.39, 0.29) is 18.4 Å². The van der Waals surface area contributed by atoms with E-state index in [0.717, 1.165) is 35.0 Å². The van der Waals surface area contributed by atoms with Crippen LogP contribution < -0.4 is 5.32 Å². The first-order valence-corrected chi connectivity index (χ1v) is 8.04. The van der Waals surface area contributed by atoms with Crippen LogP contribution in [-0.4, -0.2) is 29.8 Å². The first kappa shape index (κ1) is 17.7. The molecule has 1 aromatic rings. The summed E-state index contributed by atoms with van der Waals surface area (Å²) in [6.45, 7) is 6.32. The molecular weight excluding hydrogens is 332 g/mol. The third-order valence-corrected chi connectivity index (χ3v) is 4.14. The number of anilines is 1. The summed E-state index contributed by atoms with van der Waals surface area (Å²) in [5, 5.41) is 2.83. The van der Waals surface area contributed by atoms with Crippen LogP contribution in [-0.2, 0) is 9.59 Å². The largest absolute Gasteiger partial charge is 0.334 e. The van der Waals surface area contributed by atoms with Gasteiger partial charge in [-0.3, -0.25) is 9.59 Å². The van der Waals surface area contributed by atoms with Crippen molar-refractivity contribution in [1.82, 2.24) is 4.90 Å². The van der Waals surface area contributed by atoms with E-state index in [1.807, 2.05) is 25.1 Å². The first-order chi connectivity index (χ1) is 9.93. The minimum Gasteiger partial charge on any atom is -0.334 e. The Kier molecular flexibility index (Phi) is 7.43. The molecule has 0 radical (unpaired) electrons. The summed E-state index contributed by atoms with van der Waals surface area (Å²) >= 11 is 3.42. The van der Waals surface area contributed by atoms with Gasteiger partial charge in [0.05, 0.1) is 6.54 Å². The number of carbonyl (C=O) groups is 2. The van der Waals surface area contributed by atoms with Crippen molar-refractivity contribution in [1.29, 1.82) is 0 Å². The van der Waals surface area contributed by atoms with Crippen LogP contribution in [0, 0.1) is 6.92 Å². The molecule has 1 N–H and O–H groups in total. The molecule has 0 aliphatic carbocycles. The predicted molar refractivity (Wildman–Crippen MR) is 89.3 cm³/mol. The standard InChI is InChI=1S/C16H23BrN2O2/c1-4-5-6-9-19(13(3)20)11-16(21)18-14-7-8-15(17)12(2)10-14/h7-8,10H,4-6,9,11H2,1-3H3,(H,18,21). The van der Waals surface area contributed by atoms with Gasteiger partial charge in [-0.05, 0) is 37.1 Å². The van der Waals surface area contributed by atoms with E-state index in [2.05, 4.69) is 28.2 Å². The highest BCUT2D eigenvalue weighted by Gasteiger charge is 2.13. The number of amides is 2. The molecule has 0 aliphatic rings. The highest BCUT2D eigenvalue weighted by Crippen LogP contribution is 2.19. The lowest BCUT2D eigenvalue weighted by Gasteiger charge is -2.20.